The second-order valence-corrected chi connectivity index (χ2v) is 7.87. The topological polar surface area (TPSA) is 90.8 Å². The molecule has 1 aliphatic heterocycles. The molecule has 1 aliphatic rings. The molecule has 1 heterocycles. The first kappa shape index (κ1) is 22.4. The van der Waals surface area contributed by atoms with Crippen molar-refractivity contribution < 1.29 is 19.1 Å². The van der Waals surface area contributed by atoms with Crippen LogP contribution in [0.5, 0.6) is 0 Å². The summed E-state index contributed by atoms with van der Waals surface area (Å²) in [5, 5.41) is 15.1. The molecule has 33 heavy (non-hydrogen) atoms. The van der Waals surface area contributed by atoms with Crippen LogP contribution in [0, 0.1) is 5.82 Å². The zero-order chi connectivity index (χ0) is 23.4. The number of halogens is 1. The number of carbonyl (C=O) groups excluding carboxylic acids is 1. The fourth-order valence-electron chi connectivity index (χ4n) is 3.87. The fraction of sp³-hybridized carbons (Fsp3) is 0.192. The highest BCUT2D eigenvalue weighted by molar-refractivity contribution is 6.24. The quantitative estimate of drug-likeness (QED) is 0.448. The summed E-state index contributed by atoms with van der Waals surface area (Å²) in [6, 6.07) is 18.9. The van der Waals surface area contributed by atoms with Crippen LogP contribution in [0.1, 0.15) is 35.1 Å². The van der Waals surface area contributed by atoms with Gasteiger partial charge in [0.2, 0.25) is 5.91 Å². The Balaban J connectivity index is 1.75. The lowest BCUT2D eigenvalue weighted by Gasteiger charge is -2.14. The molecule has 1 amide bonds. The number of carbonyl (C=O) groups is 2. The predicted molar refractivity (Wildman–Crippen MR) is 126 cm³/mol. The van der Waals surface area contributed by atoms with Gasteiger partial charge in [-0.1, -0.05) is 49.4 Å². The van der Waals surface area contributed by atoms with Crippen LogP contribution in [-0.2, 0) is 22.6 Å². The largest absolute Gasteiger partial charge is 0.481 e. The van der Waals surface area contributed by atoms with Crippen molar-refractivity contribution in [1.82, 2.24) is 5.32 Å². The van der Waals surface area contributed by atoms with Gasteiger partial charge in [0, 0.05) is 12.2 Å². The van der Waals surface area contributed by atoms with Crippen LogP contribution in [-0.4, -0.2) is 29.2 Å². The Labute approximate surface area is 191 Å². The Hall–Kier alpha value is -3.84. The van der Waals surface area contributed by atoms with Gasteiger partial charge >= 0.3 is 5.97 Å². The van der Waals surface area contributed by atoms with E-state index in [0.717, 1.165) is 18.7 Å². The van der Waals surface area contributed by atoms with E-state index in [4.69, 9.17) is 10.1 Å². The van der Waals surface area contributed by atoms with E-state index in [-0.39, 0.29) is 12.3 Å². The zero-order valence-corrected chi connectivity index (χ0v) is 18.1. The van der Waals surface area contributed by atoms with Crippen molar-refractivity contribution in [3.63, 3.8) is 0 Å². The second kappa shape index (κ2) is 9.75. The smallest absolute Gasteiger partial charge is 0.307 e. The standard InChI is InChI=1S/C26H24FN3O3/c1-2-28-15-17-5-10-20(11-6-17)29-25(18-7-3-16(4-8-18)13-23(31)32)24-21-12-9-19(27)14-22(21)30-26(24)33/h3-12,14,24,28H,2,13,15H2,1H3,(H,30,33)(H,31,32). The Morgan fingerprint density at radius 2 is 1.76 bits per heavy atom. The molecule has 3 N–H and O–H groups in total. The average Bonchev–Trinajstić information content (AvgIpc) is 3.11. The van der Waals surface area contributed by atoms with E-state index in [0.29, 0.717) is 33.8 Å². The normalized spacial score (nSPS) is 15.3. The van der Waals surface area contributed by atoms with Gasteiger partial charge in [-0.15, -0.1) is 0 Å². The number of carboxylic acid groups (broad SMARTS) is 1. The van der Waals surface area contributed by atoms with Gasteiger partial charge < -0.3 is 15.7 Å². The third-order valence-electron chi connectivity index (χ3n) is 5.49. The molecule has 0 saturated heterocycles. The summed E-state index contributed by atoms with van der Waals surface area (Å²) in [5.74, 6) is -2.34. The van der Waals surface area contributed by atoms with E-state index < -0.39 is 17.7 Å². The molecule has 0 saturated carbocycles. The first-order valence-electron chi connectivity index (χ1n) is 10.7. The minimum atomic E-state index is -0.916. The Morgan fingerprint density at radius 3 is 2.42 bits per heavy atom. The molecule has 0 spiro atoms. The third kappa shape index (κ3) is 5.15. The molecule has 4 rings (SSSR count). The van der Waals surface area contributed by atoms with E-state index in [2.05, 4.69) is 10.6 Å². The monoisotopic (exact) mass is 445 g/mol. The molecular weight excluding hydrogens is 421 g/mol. The first-order valence-corrected chi connectivity index (χ1v) is 10.7. The van der Waals surface area contributed by atoms with Crippen LogP contribution in [0.4, 0.5) is 15.8 Å². The molecule has 0 radical (unpaired) electrons. The maximum Gasteiger partial charge on any atom is 0.307 e. The Kier molecular flexibility index (Phi) is 6.60. The van der Waals surface area contributed by atoms with E-state index in [9.17, 15) is 14.0 Å². The summed E-state index contributed by atoms with van der Waals surface area (Å²) in [4.78, 5) is 28.8. The van der Waals surface area contributed by atoms with E-state index in [1.807, 2.05) is 31.2 Å². The molecule has 3 aromatic rings. The number of fused-ring (bicyclic) bond motifs is 1. The summed E-state index contributed by atoms with van der Waals surface area (Å²) in [5.41, 5.74) is 4.74. The van der Waals surface area contributed by atoms with Crippen LogP contribution in [0.2, 0.25) is 0 Å². The van der Waals surface area contributed by atoms with Crippen LogP contribution < -0.4 is 10.6 Å². The van der Waals surface area contributed by atoms with Crippen molar-refractivity contribution in [3.8, 4) is 0 Å². The first-order chi connectivity index (χ1) is 15.9. The van der Waals surface area contributed by atoms with Crippen LogP contribution in [0.25, 0.3) is 0 Å². The molecule has 1 atom stereocenters. The van der Waals surface area contributed by atoms with Gasteiger partial charge in [0.1, 0.15) is 11.7 Å². The highest BCUT2D eigenvalue weighted by Crippen LogP contribution is 2.36. The number of hydrogen-bond acceptors (Lipinski definition) is 4. The van der Waals surface area contributed by atoms with Crippen molar-refractivity contribution in [1.29, 1.82) is 0 Å². The minimum absolute atomic E-state index is 0.0912. The number of carboxylic acids is 1. The number of nitrogens with zero attached hydrogens (tertiary/aromatic N) is 1. The van der Waals surface area contributed by atoms with Crippen molar-refractivity contribution in [2.75, 3.05) is 11.9 Å². The number of nitrogens with one attached hydrogen (secondary N) is 2. The number of aliphatic carboxylic acids is 1. The highest BCUT2D eigenvalue weighted by atomic mass is 19.1. The van der Waals surface area contributed by atoms with Crippen molar-refractivity contribution in [3.05, 3.63) is 94.8 Å². The maximum absolute atomic E-state index is 13.7. The molecule has 1 unspecified atom stereocenters. The fourth-order valence-corrected chi connectivity index (χ4v) is 3.87. The second-order valence-electron chi connectivity index (χ2n) is 7.87. The molecule has 0 bridgehead atoms. The van der Waals surface area contributed by atoms with E-state index >= 15 is 0 Å². The summed E-state index contributed by atoms with van der Waals surface area (Å²) in [6.45, 7) is 3.67. The van der Waals surface area contributed by atoms with Crippen molar-refractivity contribution in [2.24, 2.45) is 4.99 Å². The Bertz CT molecular complexity index is 1200. The summed E-state index contributed by atoms with van der Waals surface area (Å²) >= 11 is 0. The number of aliphatic imine (C=N–C) groups is 1. The van der Waals surface area contributed by atoms with Gasteiger partial charge in [0.25, 0.3) is 0 Å². The number of rotatable bonds is 8. The van der Waals surface area contributed by atoms with Gasteiger partial charge in [0.15, 0.2) is 0 Å². The maximum atomic E-state index is 13.7. The number of amides is 1. The Morgan fingerprint density at radius 1 is 1.06 bits per heavy atom. The van der Waals surface area contributed by atoms with Gasteiger partial charge in [-0.25, -0.2) is 4.39 Å². The molecule has 168 valence electrons. The molecular formula is C26H24FN3O3. The minimum Gasteiger partial charge on any atom is -0.481 e. The van der Waals surface area contributed by atoms with Crippen molar-refractivity contribution >= 4 is 29.0 Å². The lowest BCUT2D eigenvalue weighted by Crippen LogP contribution is -2.22. The van der Waals surface area contributed by atoms with Crippen LogP contribution >= 0.6 is 0 Å². The summed E-state index contributed by atoms with van der Waals surface area (Å²) in [7, 11) is 0. The van der Waals surface area contributed by atoms with E-state index in [1.165, 1.54) is 12.1 Å². The van der Waals surface area contributed by atoms with Gasteiger partial charge in [-0.3, -0.25) is 14.6 Å². The van der Waals surface area contributed by atoms with E-state index in [1.54, 1.807) is 30.3 Å². The summed E-state index contributed by atoms with van der Waals surface area (Å²) < 4.78 is 13.7. The zero-order valence-electron chi connectivity index (χ0n) is 18.1. The lowest BCUT2D eigenvalue weighted by molar-refractivity contribution is -0.136. The predicted octanol–water partition coefficient (Wildman–Crippen LogP) is 4.42. The van der Waals surface area contributed by atoms with Gasteiger partial charge in [-0.05, 0) is 53.1 Å². The molecule has 3 aromatic carbocycles. The number of anilines is 1. The molecule has 7 heteroatoms. The average molecular weight is 445 g/mol. The molecule has 0 aliphatic carbocycles. The summed E-state index contributed by atoms with van der Waals surface area (Å²) in [6.07, 6.45) is -0.0912. The van der Waals surface area contributed by atoms with Crippen LogP contribution in [0.3, 0.4) is 0 Å². The number of benzene rings is 3. The molecule has 0 aromatic heterocycles. The lowest BCUT2D eigenvalue weighted by atomic mass is 9.90. The van der Waals surface area contributed by atoms with Gasteiger partial charge in [-0.2, -0.15) is 0 Å². The molecule has 6 nitrogen and oxygen atoms in total. The SMILES string of the molecule is CCNCc1ccc(N=C(c2ccc(CC(=O)O)cc2)C2C(=O)Nc3cc(F)ccc32)cc1. The van der Waals surface area contributed by atoms with Gasteiger partial charge in [0.05, 0.1) is 17.8 Å². The number of hydrogen-bond donors (Lipinski definition) is 3. The van der Waals surface area contributed by atoms with Crippen LogP contribution in [0.15, 0.2) is 71.7 Å². The van der Waals surface area contributed by atoms with Crippen molar-refractivity contribution in [2.45, 2.75) is 25.8 Å². The third-order valence-corrected chi connectivity index (χ3v) is 5.49. The molecule has 0 fully saturated rings. The highest BCUT2D eigenvalue weighted by Gasteiger charge is 2.35.